The van der Waals surface area contributed by atoms with E-state index < -0.39 is 0 Å². The number of aliphatic imine (C=N–C) groups is 1. The Morgan fingerprint density at radius 1 is 1.07 bits per heavy atom. The first-order valence-corrected chi connectivity index (χ1v) is 9.84. The highest BCUT2D eigenvalue weighted by molar-refractivity contribution is 5.79. The number of rotatable bonds is 7. The maximum Gasteiger partial charge on any atom is 0.191 e. The van der Waals surface area contributed by atoms with Gasteiger partial charge in [0.15, 0.2) is 5.96 Å². The number of benzene rings is 2. The third-order valence-corrected chi connectivity index (χ3v) is 4.77. The summed E-state index contributed by atoms with van der Waals surface area (Å²) in [6.07, 6.45) is 4.41. The molecular weight excluding hydrogens is 348 g/mol. The zero-order chi connectivity index (χ0) is 19.8. The molecule has 3 rings (SSSR count). The fourth-order valence-corrected chi connectivity index (χ4v) is 3.19. The van der Waals surface area contributed by atoms with Crippen molar-refractivity contribution in [1.82, 2.24) is 10.6 Å². The number of anilines is 1. The Hall–Kier alpha value is -2.95. The molecule has 0 bridgehead atoms. The summed E-state index contributed by atoms with van der Waals surface area (Å²) in [5.74, 6) is 1.70. The summed E-state index contributed by atoms with van der Waals surface area (Å²) < 4.78 is 5.49. The van der Waals surface area contributed by atoms with Crippen molar-refractivity contribution in [3.05, 3.63) is 71.3 Å². The summed E-state index contributed by atoms with van der Waals surface area (Å²) in [4.78, 5) is 7.07. The van der Waals surface area contributed by atoms with Crippen molar-refractivity contribution in [3.63, 3.8) is 0 Å². The van der Waals surface area contributed by atoms with Crippen molar-refractivity contribution >= 4 is 11.6 Å². The van der Waals surface area contributed by atoms with Crippen LogP contribution in [0.4, 0.5) is 5.69 Å². The maximum atomic E-state index is 5.49. The number of guanidine groups is 1. The molecule has 0 radical (unpaired) electrons. The van der Waals surface area contributed by atoms with E-state index in [1.54, 1.807) is 7.11 Å². The van der Waals surface area contributed by atoms with E-state index in [0.29, 0.717) is 13.1 Å². The van der Waals surface area contributed by atoms with Gasteiger partial charge in [-0.2, -0.15) is 0 Å². The van der Waals surface area contributed by atoms with Gasteiger partial charge in [0, 0.05) is 37.4 Å². The van der Waals surface area contributed by atoms with Gasteiger partial charge < -0.3 is 20.3 Å². The predicted molar refractivity (Wildman–Crippen MR) is 117 cm³/mol. The molecule has 0 saturated carbocycles. The number of methoxy groups -OCH3 is 1. The van der Waals surface area contributed by atoms with Gasteiger partial charge in [-0.05, 0) is 43.2 Å². The second-order valence-corrected chi connectivity index (χ2v) is 6.91. The van der Waals surface area contributed by atoms with Crippen molar-refractivity contribution in [2.75, 3.05) is 31.6 Å². The minimum absolute atomic E-state index is 0.638. The standard InChI is InChI=1S/C23H30N4O/c1-4-24-23(26-17-20-10-7-18(2)15-22(20)28-3)25-16-19-8-11-21(12-9-19)27-13-5-6-14-27/h5-12,15H,4,13-14,16-17H2,1-3H3,(H2,24,25,26). The molecule has 5 nitrogen and oxygen atoms in total. The normalized spacial score (nSPS) is 13.7. The first kappa shape index (κ1) is 19.8. The average molecular weight is 379 g/mol. The molecule has 1 aliphatic heterocycles. The second-order valence-electron chi connectivity index (χ2n) is 6.91. The molecule has 1 aliphatic rings. The molecule has 0 saturated heterocycles. The van der Waals surface area contributed by atoms with Gasteiger partial charge in [-0.15, -0.1) is 0 Å². The molecule has 0 amide bonds. The van der Waals surface area contributed by atoms with Crippen LogP contribution >= 0.6 is 0 Å². The summed E-state index contributed by atoms with van der Waals surface area (Å²) in [6, 6.07) is 14.9. The van der Waals surface area contributed by atoms with E-state index in [-0.39, 0.29) is 0 Å². The molecule has 0 aromatic heterocycles. The Kier molecular flexibility index (Phi) is 6.95. The largest absolute Gasteiger partial charge is 0.496 e. The van der Waals surface area contributed by atoms with Crippen LogP contribution in [0.5, 0.6) is 5.75 Å². The van der Waals surface area contributed by atoms with Crippen molar-refractivity contribution in [2.45, 2.75) is 26.9 Å². The van der Waals surface area contributed by atoms with E-state index in [0.717, 1.165) is 36.9 Å². The number of hydrogen-bond acceptors (Lipinski definition) is 3. The van der Waals surface area contributed by atoms with Crippen LogP contribution in [0.2, 0.25) is 0 Å². The summed E-state index contributed by atoms with van der Waals surface area (Å²) >= 11 is 0. The fraction of sp³-hybridized carbons (Fsp3) is 0.348. The molecule has 0 fully saturated rings. The number of aryl methyl sites for hydroxylation is 1. The van der Waals surface area contributed by atoms with Gasteiger partial charge in [0.2, 0.25) is 0 Å². The van der Waals surface area contributed by atoms with E-state index in [9.17, 15) is 0 Å². The lowest BCUT2D eigenvalue weighted by molar-refractivity contribution is 0.408. The first-order valence-electron chi connectivity index (χ1n) is 9.84. The zero-order valence-electron chi connectivity index (χ0n) is 17.0. The van der Waals surface area contributed by atoms with Gasteiger partial charge in [-0.1, -0.05) is 36.4 Å². The third kappa shape index (κ3) is 5.28. The lowest BCUT2D eigenvalue weighted by Crippen LogP contribution is -2.36. The molecule has 28 heavy (non-hydrogen) atoms. The molecule has 2 N–H and O–H groups in total. The predicted octanol–water partition coefficient (Wildman–Crippen LogP) is 3.64. The van der Waals surface area contributed by atoms with Gasteiger partial charge in [-0.25, -0.2) is 4.99 Å². The molecule has 1 heterocycles. The van der Waals surface area contributed by atoms with Gasteiger partial charge in [0.25, 0.3) is 0 Å². The lowest BCUT2D eigenvalue weighted by atomic mass is 10.1. The van der Waals surface area contributed by atoms with Gasteiger partial charge >= 0.3 is 0 Å². The van der Waals surface area contributed by atoms with Crippen LogP contribution < -0.4 is 20.3 Å². The zero-order valence-corrected chi connectivity index (χ0v) is 17.0. The van der Waals surface area contributed by atoms with Gasteiger partial charge in [-0.3, -0.25) is 0 Å². The molecule has 148 valence electrons. The number of hydrogen-bond donors (Lipinski definition) is 2. The van der Waals surface area contributed by atoms with E-state index in [1.165, 1.54) is 16.8 Å². The number of ether oxygens (including phenoxy) is 1. The van der Waals surface area contributed by atoms with Crippen LogP contribution in [0, 0.1) is 6.92 Å². The van der Waals surface area contributed by atoms with Crippen molar-refractivity contribution in [3.8, 4) is 5.75 Å². The first-order chi connectivity index (χ1) is 13.7. The Bertz CT molecular complexity index is 819. The SMILES string of the molecule is CCNC(=NCc1ccc(N2CC=CC2)cc1)NCc1ccc(C)cc1OC. The van der Waals surface area contributed by atoms with Crippen molar-refractivity contribution in [1.29, 1.82) is 0 Å². The maximum absolute atomic E-state index is 5.49. The van der Waals surface area contributed by atoms with Crippen LogP contribution in [0.1, 0.15) is 23.6 Å². The summed E-state index contributed by atoms with van der Waals surface area (Å²) in [5.41, 5.74) is 4.76. The minimum Gasteiger partial charge on any atom is -0.496 e. The van der Waals surface area contributed by atoms with E-state index in [2.05, 4.69) is 84.0 Å². The topological polar surface area (TPSA) is 48.9 Å². The lowest BCUT2D eigenvalue weighted by Gasteiger charge is -2.17. The third-order valence-electron chi connectivity index (χ3n) is 4.77. The smallest absolute Gasteiger partial charge is 0.191 e. The van der Waals surface area contributed by atoms with E-state index in [1.807, 2.05) is 0 Å². The fourth-order valence-electron chi connectivity index (χ4n) is 3.19. The highest BCUT2D eigenvalue weighted by Gasteiger charge is 2.07. The molecular formula is C23H30N4O. The van der Waals surface area contributed by atoms with Crippen molar-refractivity contribution < 1.29 is 4.74 Å². The Labute approximate surface area is 168 Å². The molecule has 0 atom stereocenters. The van der Waals surface area contributed by atoms with Gasteiger partial charge in [0.05, 0.1) is 13.7 Å². The summed E-state index contributed by atoms with van der Waals surface area (Å²) in [5, 5.41) is 6.71. The molecule has 0 unspecified atom stereocenters. The second kappa shape index (κ2) is 9.83. The van der Waals surface area contributed by atoms with Crippen molar-refractivity contribution in [2.24, 2.45) is 4.99 Å². The molecule has 0 aliphatic carbocycles. The molecule has 0 spiro atoms. The van der Waals surface area contributed by atoms with Crippen LogP contribution in [0.25, 0.3) is 0 Å². The Morgan fingerprint density at radius 3 is 2.50 bits per heavy atom. The van der Waals surface area contributed by atoms with Crippen LogP contribution in [0.3, 0.4) is 0 Å². The Balaban J connectivity index is 1.61. The monoisotopic (exact) mass is 378 g/mol. The number of nitrogens with zero attached hydrogens (tertiary/aromatic N) is 2. The summed E-state index contributed by atoms with van der Waals surface area (Å²) in [6.45, 7) is 8.25. The molecule has 2 aromatic carbocycles. The van der Waals surface area contributed by atoms with Gasteiger partial charge in [0.1, 0.15) is 5.75 Å². The highest BCUT2D eigenvalue weighted by Crippen LogP contribution is 2.20. The molecule has 2 aromatic rings. The summed E-state index contributed by atoms with van der Waals surface area (Å²) in [7, 11) is 1.71. The van der Waals surface area contributed by atoms with Crippen LogP contribution in [0.15, 0.2) is 59.6 Å². The minimum atomic E-state index is 0.638. The number of nitrogens with one attached hydrogen (secondary N) is 2. The quantitative estimate of drug-likeness (QED) is 0.439. The van der Waals surface area contributed by atoms with E-state index >= 15 is 0 Å². The highest BCUT2D eigenvalue weighted by atomic mass is 16.5. The Morgan fingerprint density at radius 2 is 1.82 bits per heavy atom. The van der Waals surface area contributed by atoms with Crippen LogP contribution in [-0.4, -0.2) is 32.7 Å². The average Bonchev–Trinajstić information content (AvgIpc) is 3.26. The van der Waals surface area contributed by atoms with E-state index in [4.69, 9.17) is 9.73 Å². The molecule has 5 heteroatoms. The van der Waals surface area contributed by atoms with Crippen LogP contribution in [-0.2, 0) is 13.1 Å².